The van der Waals surface area contributed by atoms with Crippen molar-refractivity contribution in [2.75, 3.05) is 11.1 Å². The summed E-state index contributed by atoms with van der Waals surface area (Å²) in [6.45, 7) is 0.309. The van der Waals surface area contributed by atoms with Crippen LogP contribution in [0.3, 0.4) is 0 Å². The molecule has 1 N–H and O–H groups in total. The van der Waals surface area contributed by atoms with Gasteiger partial charge >= 0.3 is 0 Å². The maximum atomic E-state index is 12.3. The van der Waals surface area contributed by atoms with Crippen molar-refractivity contribution in [2.45, 2.75) is 12.3 Å². The van der Waals surface area contributed by atoms with Crippen LogP contribution in [0.4, 0.5) is 5.69 Å². The summed E-state index contributed by atoms with van der Waals surface area (Å²) < 4.78 is 26.2. The van der Waals surface area contributed by atoms with E-state index in [4.69, 9.17) is 0 Å². The quantitative estimate of drug-likeness (QED) is 0.694. The van der Waals surface area contributed by atoms with Crippen molar-refractivity contribution in [1.82, 2.24) is 9.78 Å². The fourth-order valence-corrected chi connectivity index (χ4v) is 3.82. The summed E-state index contributed by atoms with van der Waals surface area (Å²) >= 11 is 0. The number of carbonyl (C=O) groups is 1. The third-order valence-electron chi connectivity index (χ3n) is 3.80. The minimum Gasteiger partial charge on any atom is -0.322 e. The fourth-order valence-electron chi connectivity index (χ4n) is 2.52. The van der Waals surface area contributed by atoms with Gasteiger partial charge in [-0.3, -0.25) is 9.48 Å². The van der Waals surface area contributed by atoms with Crippen molar-refractivity contribution in [1.29, 1.82) is 0 Å². The van der Waals surface area contributed by atoms with E-state index < -0.39 is 9.84 Å². The second kappa shape index (κ2) is 7.97. The van der Waals surface area contributed by atoms with Crippen molar-refractivity contribution in [3.05, 3.63) is 84.2 Å². The Bertz CT molecular complexity index is 968. The van der Waals surface area contributed by atoms with Gasteiger partial charge in [0.1, 0.15) is 0 Å². The minimum atomic E-state index is -3.30. The van der Waals surface area contributed by atoms with Crippen molar-refractivity contribution >= 4 is 21.4 Å². The Labute approximate surface area is 152 Å². The number of amides is 1. The van der Waals surface area contributed by atoms with E-state index in [0.29, 0.717) is 23.4 Å². The lowest BCUT2D eigenvalue weighted by Crippen LogP contribution is -2.16. The lowest BCUT2D eigenvalue weighted by Gasteiger charge is -2.08. The van der Waals surface area contributed by atoms with E-state index in [2.05, 4.69) is 10.4 Å². The highest BCUT2D eigenvalue weighted by atomic mass is 32.2. The second-order valence-corrected chi connectivity index (χ2v) is 8.07. The molecule has 0 unspecified atom stereocenters. The number of hydrogen-bond donors (Lipinski definition) is 1. The zero-order valence-electron chi connectivity index (χ0n) is 14.1. The Hall–Kier alpha value is -2.93. The van der Waals surface area contributed by atoms with Gasteiger partial charge in [-0.15, -0.1) is 0 Å². The first-order chi connectivity index (χ1) is 12.5. The van der Waals surface area contributed by atoms with Crippen LogP contribution in [-0.2, 0) is 22.1 Å². The molecule has 0 bridgehead atoms. The molecular formula is C19H19N3O3S. The van der Waals surface area contributed by atoms with Crippen molar-refractivity contribution in [3.8, 4) is 0 Å². The van der Waals surface area contributed by atoms with Crippen LogP contribution in [0.25, 0.3) is 0 Å². The van der Waals surface area contributed by atoms with E-state index in [-0.39, 0.29) is 17.4 Å². The highest BCUT2D eigenvalue weighted by Crippen LogP contribution is 2.13. The number of rotatable bonds is 7. The van der Waals surface area contributed by atoms with Gasteiger partial charge in [-0.05, 0) is 35.9 Å². The molecule has 26 heavy (non-hydrogen) atoms. The summed E-state index contributed by atoms with van der Waals surface area (Å²) in [5.74, 6) is -0.387. The topological polar surface area (TPSA) is 81.1 Å². The van der Waals surface area contributed by atoms with Gasteiger partial charge in [0.05, 0.1) is 18.1 Å². The van der Waals surface area contributed by atoms with Gasteiger partial charge in [-0.2, -0.15) is 5.10 Å². The smallest absolute Gasteiger partial charge is 0.255 e. The van der Waals surface area contributed by atoms with Crippen LogP contribution in [-0.4, -0.2) is 29.9 Å². The highest BCUT2D eigenvalue weighted by molar-refractivity contribution is 7.90. The zero-order valence-corrected chi connectivity index (χ0v) is 14.9. The Morgan fingerprint density at radius 3 is 2.58 bits per heavy atom. The molecule has 0 aliphatic rings. The Balaban J connectivity index is 1.65. The van der Waals surface area contributed by atoms with Gasteiger partial charge in [0.2, 0.25) is 0 Å². The van der Waals surface area contributed by atoms with Gasteiger partial charge in [0.15, 0.2) is 9.84 Å². The van der Waals surface area contributed by atoms with E-state index in [9.17, 15) is 13.2 Å². The summed E-state index contributed by atoms with van der Waals surface area (Å²) in [6, 6.07) is 17.6. The summed E-state index contributed by atoms with van der Waals surface area (Å²) in [5, 5.41) is 6.79. The maximum absolute atomic E-state index is 12.3. The van der Waals surface area contributed by atoms with Crippen LogP contribution in [0.5, 0.6) is 0 Å². The van der Waals surface area contributed by atoms with E-state index in [1.807, 2.05) is 18.2 Å². The summed E-state index contributed by atoms with van der Waals surface area (Å²) in [4.78, 5) is 12.3. The van der Waals surface area contributed by atoms with E-state index in [0.717, 1.165) is 0 Å². The summed E-state index contributed by atoms with van der Waals surface area (Å²) in [6.07, 6.45) is 3.34. The minimum absolute atomic E-state index is 0.00484. The van der Waals surface area contributed by atoms with Crippen LogP contribution in [0.1, 0.15) is 15.9 Å². The molecule has 0 fully saturated rings. The number of para-hydroxylation sites is 1. The predicted octanol–water partition coefficient (Wildman–Crippen LogP) is 2.75. The molecule has 1 heterocycles. The predicted molar refractivity (Wildman–Crippen MR) is 101 cm³/mol. The van der Waals surface area contributed by atoms with Crippen LogP contribution in [0.2, 0.25) is 0 Å². The molecule has 2 aromatic carbocycles. The molecule has 0 spiro atoms. The van der Waals surface area contributed by atoms with Gasteiger partial charge in [0, 0.05) is 23.6 Å². The number of benzene rings is 2. The number of hydrogen-bond acceptors (Lipinski definition) is 4. The van der Waals surface area contributed by atoms with Crippen LogP contribution < -0.4 is 5.32 Å². The number of aryl methyl sites for hydroxylation is 1. The first kappa shape index (κ1) is 17.9. The molecule has 1 amide bonds. The molecule has 134 valence electrons. The van der Waals surface area contributed by atoms with E-state index >= 15 is 0 Å². The SMILES string of the molecule is O=C(Nc1ccccc1)c1cccc(CS(=O)(=O)CCn2cccn2)c1. The first-order valence-electron chi connectivity index (χ1n) is 8.15. The third-order valence-corrected chi connectivity index (χ3v) is 5.38. The van der Waals surface area contributed by atoms with Crippen molar-refractivity contribution in [3.63, 3.8) is 0 Å². The molecule has 0 radical (unpaired) electrons. The number of carbonyl (C=O) groups excluding carboxylic acids is 1. The zero-order chi connectivity index (χ0) is 18.4. The number of nitrogens with zero attached hydrogens (tertiary/aromatic N) is 2. The molecule has 0 saturated carbocycles. The molecule has 3 aromatic rings. The van der Waals surface area contributed by atoms with Gasteiger partial charge in [0.25, 0.3) is 5.91 Å². The van der Waals surface area contributed by atoms with Crippen LogP contribution >= 0.6 is 0 Å². The first-order valence-corrected chi connectivity index (χ1v) is 9.97. The van der Waals surface area contributed by atoms with Crippen molar-refractivity contribution in [2.24, 2.45) is 0 Å². The van der Waals surface area contributed by atoms with Gasteiger partial charge < -0.3 is 5.32 Å². The monoisotopic (exact) mass is 369 g/mol. The number of sulfone groups is 1. The highest BCUT2D eigenvalue weighted by Gasteiger charge is 2.14. The second-order valence-electron chi connectivity index (χ2n) is 5.88. The standard InChI is InChI=1S/C19H19N3O3S/c23-19(21-18-8-2-1-3-9-18)17-7-4-6-16(14-17)15-26(24,25)13-12-22-11-5-10-20-22/h1-11,14H,12-13,15H2,(H,21,23). The summed E-state index contributed by atoms with van der Waals surface area (Å²) in [5.41, 5.74) is 1.70. The molecule has 1 aromatic heterocycles. The van der Waals surface area contributed by atoms with E-state index in [1.165, 1.54) is 0 Å². The molecule has 6 nitrogen and oxygen atoms in total. The molecule has 0 atom stereocenters. The molecule has 3 rings (SSSR count). The summed E-state index contributed by atoms with van der Waals surface area (Å²) in [7, 11) is -3.30. The fraction of sp³-hybridized carbons (Fsp3) is 0.158. The maximum Gasteiger partial charge on any atom is 0.255 e. The molecule has 0 saturated heterocycles. The molecule has 7 heteroatoms. The molecular weight excluding hydrogens is 350 g/mol. The molecule has 0 aliphatic heterocycles. The van der Waals surface area contributed by atoms with Crippen molar-refractivity contribution < 1.29 is 13.2 Å². The third kappa shape index (κ3) is 5.03. The molecule has 0 aliphatic carbocycles. The Kier molecular flexibility index (Phi) is 5.48. The average Bonchev–Trinajstić information content (AvgIpc) is 3.14. The lowest BCUT2D eigenvalue weighted by atomic mass is 10.1. The van der Waals surface area contributed by atoms with Gasteiger partial charge in [-0.1, -0.05) is 30.3 Å². The average molecular weight is 369 g/mol. The lowest BCUT2D eigenvalue weighted by molar-refractivity contribution is 0.102. The van der Waals surface area contributed by atoms with Gasteiger partial charge in [-0.25, -0.2) is 8.42 Å². The Morgan fingerprint density at radius 2 is 1.85 bits per heavy atom. The Morgan fingerprint density at radius 1 is 1.04 bits per heavy atom. The van der Waals surface area contributed by atoms with Crippen LogP contribution in [0, 0.1) is 0 Å². The normalized spacial score (nSPS) is 11.2. The number of aromatic nitrogens is 2. The largest absolute Gasteiger partial charge is 0.322 e. The van der Waals surface area contributed by atoms with E-state index in [1.54, 1.807) is 59.5 Å². The van der Waals surface area contributed by atoms with Crippen LogP contribution in [0.15, 0.2) is 73.1 Å². The number of anilines is 1. The number of nitrogens with one attached hydrogen (secondary N) is 1.